The van der Waals surface area contributed by atoms with Crippen molar-refractivity contribution >= 4 is 17.5 Å². The van der Waals surface area contributed by atoms with Gasteiger partial charge >= 0.3 is 0 Å². The molecular weight excluding hydrogens is 394 g/mol. The van der Waals surface area contributed by atoms with Crippen LogP contribution in [0.1, 0.15) is 65.1 Å². The number of fused-ring (bicyclic) bond motifs is 1. The molecule has 3 rings (SSSR count). The third-order valence-electron chi connectivity index (χ3n) is 5.37. The monoisotopic (exact) mass is 423 g/mol. The Kier molecular flexibility index (Phi) is 6.06. The normalized spacial score (nSPS) is 13.2. The molecule has 1 heterocycles. The number of amidine groups is 1. The van der Waals surface area contributed by atoms with Crippen LogP contribution in [-0.2, 0) is 12.0 Å². The molecule has 0 unspecified atom stereocenters. The lowest BCUT2D eigenvalue weighted by Gasteiger charge is -2.22. The zero-order chi connectivity index (χ0) is 22.9. The first-order chi connectivity index (χ1) is 14.6. The number of rotatable bonds is 6. The highest BCUT2D eigenvalue weighted by atomic mass is 16.5. The van der Waals surface area contributed by atoms with E-state index in [-0.39, 0.29) is 35.2 Å². The average molecular weight is 424 g/mol. The van der Waals surface area contributed by atoms with Gasteiger partial charge in [-0.2, -0.15) is 0 Å². The molecule has 31 heavy (non-hydrogen) atoms. The summed E-state index contributed by atoms with van der Waals surface area (Å²) in [6, 6.07) is 8.31. The number of Topliss-reactive ketones (excluding diaryl/α,β-unsaturated/α-hetero) is 1. The van der Waals surface area contributed by atoms with Crippen LogP contribution in [0.4, 0.5) is 0 Å². The van der Waals surface area contributed by atoms with E-state index >= 15 is 0 Å². The van der Waals surface area contributed by atoms with Crippen molar-refractivity contribution < 1.29 is 19.4 Å². The lowest BCUT2D eigenvalue weighted by Crippen LogP contribution is -2.30. The highest BCUT2D eigenvalue weighted by Gasteiger charge is 2.29. The van der Waals surface area contributed by atoms with Gasteiger partial charge in [-0.05, 0) is 53.8 Å². The molecule has 1 aliphatic rings. The number of amides is 1. The third-order valence-corrected chi connectivity index (χ3v) is 5.37. The van der Waals surface area contributed by atoms with E-state index in [1.807, 2.05) is 27.7 Å². The number of aromatic hydroxyl groups is 1. The first-order valence-corrected chi connectivity index (χ1v) is 10.3. The molecule has 1 aliphatic heterocycles. The summed E-state index contributed by atoms with van der Waals surface area (Å²) >= 11 is 0. The number of hydrogen-bond acceptors (Lipinski definition) is 5. The number of nitrogens with one attached hydrogen (secondary N) is 2. The van der Waals surface area contributed by atoms with E-state index < -0.39 is 0 Å². The molecule has 0 saturated heterocycles. The van der Waals surface area contributed by atoms with Crippen molar-refractivity contribution in [1.29, 1.82) is 5.41 Å². The van der Waals surface area contributed by atoms with Gasteiger partial charge in [0.05, 0.1) is 18.7 Å². The molecule has 0 aromatic heterocycles. The molecule has 0 saturated carbocycles. The van der Waals surface area contributed by atoms with Crippen molar-refractivity contribution in [2.75, 3.05) is 20.2 Å². The largest absolute Gasteiger partial charge is 0.508 e. The van der Waals surface area contributed by atoms with Gasteiger partial charge < -0.3 is 20.1 Å². The second kappa shape index (κ2) is 8.41. The van der Waals surface area contributed by atoms with Crippen molar-refractivity contribution in [3.8, 4) is 11.5 Å². The summed E-state index contributed by atoms with van der Waals surface area (Å²) in [6.45, 7) is 8.60. The number of ketones is 1. The first-order valence-electron chi connectivity index (χ1n) is 10.3. The van der Waals surface area contributed by atoms with Crippen LogP contribution in [0.5, 0.6) is 11.5 Å². The number of carbonyl (C=O) groups is 2. The fourth-order valence-corrected chi connectivity index (χ4v) is 3.73. The van der Waals surface area contributed by atoms with Gasteiger partial charge in [0.15, 0.2) is 5.78 Å². The smallest absolute Gasteiger partial charge is 0.254 e. The van der Waals surface area contributed by atoms with Crippen LogP contribution < -0.4 is 10.1 Å². The number of phenolic OH excluding ortho intramolecular Hbond substituents is 1. The molecule has 7 heteroatoms. The number of carbonyl (C=O) groups excluding carboxylic acids is 2. The topological polar surface area (TPSA) is 103 Å². The first kappa shape index (κ1) is 22.3. The Labute approximate surface area is 182 Å². The average Bonchev–Trinajstić information content (AvgIpc) is 3.01. The van der Waals surface area contributed by atoms with Crippen molar-refractivity contribution in [3.05, 3.63) is 58.1 Å². The van der Waals surface area contributed by atoms with Crippen LogP contribution >= 0.6 is 0 Å². The van der Waals surface area contributed by atoms with E-state index in [1.165, 1.54) is 0 Å². The molecular formula is C24H29N3O4. The van der Waals surface area contributed by atoms with Crippen molar-refractivity contribution in [2.45, 2.75) is 39.7 Å². The third kappa shape index (κ3) is 4.40. The highest BCUT2D eigenvalue weighted by molar-refractivity contribution is 6.07. The predicted molar refractivity (Wildman–Crippen MR) is 119 cm³/mol. The Balaban J connectivity index is 1.86. The fourth-order valence-electron chi connectivity index (χ4n) is 3.73. The van der Waals surface area contributed by atoms with E-state index in [0.29, 0.717) is 41.2 Å². The van der Waals surface area contributed by atoms with Gasteiger partial charge in [0.2, 0.25) is 0 Å². The van der Waals surface area contributed by atoms with E-state index in [0.717, 1.165) is 5.56 Å². The highest BCUT2D eigenvalue weighted by Crippen LogP contribution is 2.33. The van der Waals surface area contributed by atoms with Gasteiger partial charge in [-0.25, -0.2) is 0 Å². The van der Waals surface area contributed by atoms with Crippen molar-refractivity contribution in [3.63, 3.8) is 0 Å². The van der Waals surface area contributed by atoms with Gasteiger partial charge in [0.1, 0.15) is 17.3 Å². The summed E-state index contributed by atoms with van der Waals surface area (Å²) in [5, 5.41) is 21.3. The quantitative estimate of drug-likeness (QED) is 0.618. The zero-order valence-electron chi connectivity index (χ0n) is 18.6. The molecule has 1 amide bonds. The Hall–Kier alpha value is -3.35. The van der Waals surface area contributed by atoms with E-state index in [1.54, 1.807) is 42.3 Å². The Bertz CT molecular complexity index is 1050. The van der Waals surface area contributed by atoms with E-state index in [4.69, 9.17) is 10.1 Å². The number of phenols is 1. The maximum Gasteiger partial charge on any atom is 0.254 e. The summed E-state index contributed by atoms with van der Waals surface area (Å²) in [4.78, 5) is 26.9. The molecule has 2 aromatic rings. The molecule has 0 spiro atoms. The maximum atomic E-state index is 13.0. The minimum atomic E-state index is -0.303. The van der Waals surface area contributed by atoms with Gasteiger partial charge in [-0.3, -0.25) is 15.0 Å². The standard InChI is InChI=1S/C24H29N3O4/c1-6-31-21-10-15-12-27(22(25)16(15)11-17(21)23(30)26-5)13-20(29)14-7-8-19(28)18(9-14)24(2,3)4/h7-11,25,28H,6,12-13H2,1-5H3,(H,26,30). The van der Waals surface area contributed by atoms with Crippen LogP contribution in [0.2, 0.25) is 0 Å². The summed E-state index contributed by atoms with van der Waals surface area (Å²) in [6.07, 6.45) is 0. The lowest BCUT2D eigenvalue weighted by molar-refractivity contribution is 0.0953. The van der Waals surface area contributed by atoms with Crippen molar-refractivity contribution in [2.24, 2.45) is 0 Å². The van der Waals surface area contributed by atoms with Crippen molar-refractivity contribution in [1.82, 2.24) is 10.2 Å². The Morgan fingerprint density at radius 3 is 2.55 bits per heavy atom. The molecule has 2 aromatic carbocycles. The van der Waals surface area contributed by atoms with Crippen LogP contribution in [0.15, 0.2) is 30.3 Å². The molecule has 0 aliphatic carbocycles. The number of nitrogens with zero attached hydrogens (tertiary/aromatic N) is 1. The maximum absolute atomic E-state index is 13.0. The van der Waals surface area contributed by atoms with Crippen LogP contribution in [0.3, 0.4) is 0 Å². The summed E-state index contributed by atoms with van der Waals surface area (Å²) in [7, 11) is 1.55. The van der Waals surface area contributed by atoms with E-state index in [9.17, 15) is 14.7 Å². The second-order valence-corrected chi connectivity index (χ2v) is 8.63. The molecule has 3 N–H and O–H groups in total. The van der Waals surface area contributed by atoms with Crippen LogP contribution in [-0.4, -0.2) is 47.7 Å². The van der Waals surface area contributed by atoms with Gasteiger partial charge in [-0.1, -0.05) is 20.8 Å². The molecule has 0 radical (unpaired) electrons. The van der Waals surface area contributed by atoms with Gasteiger partial charge in [0, 0.05) is 24.7 Å². The van der Waals surface area contributed by atoms with Gasteiger partial charge in [0.25, 0.3) is 5.91 Å². The minimum Gasteiger partial charge on any atom is -0.508 e. The molecule has 7 nitrogen and oxygen atoms in total. The minimum absolute atomic E-state index is 0.0289. The second-order valence-electron chi connectivity index (χ2n) is 8.63. The number of ether oxygens (including phenoxy) is 1. The molecule has 0 atom stereocenters. The predicted octanol–water partition coefficient (Wildman–Crippen LogP) is 3.47. The molecule has 0 fully saturated rings. The van der Waals surface area contributed by atoms with Gasteiger partial charge in [-0.15, -0.1) is 0 Å². The van der Waals surface area contributed by atoms with Crippen LogP contribution in [0, 0.1) is 5.41 Å². The Morgan fingerprint density at radius 1 is 1.23 bits per heavy atom. The summed E-state index contributed by atoms with van der Waals surface area (Å²) in [5.41, 5.74) is 2.73. The Morgan fingerprint density at radius 2 is 1.94 bits per heavy atom. The molecule has 164 valence electrons. The van der Waals surface area contributed by atoms with Crippen LogP contribution in [0.25, 0.3) is 0 Å². The summed E-state index contributed by atoms with van der Waals surface area (Å²) in [5.74, 6) is 0.406. The van der Waals surface area contributed by atoms with E-state index in [2.05, 4.69) is 5.32 Å². The molecule has 0 bridgehead atoms. The number of benzene rings is 2. The lowest BCUT2D eigenvalue weighted by atomic mass is 9.85. The zero-order valence-corrected chi connectivity index (χ0v) is 18.6. The SMILES string of the molecule is CCOc1cc2c(cc1C(=O)NC)C(=N)N(CC(=O)c1ccc(O)c(C(C)(C)C)c1)C2. The number of hydrogen-bond donors (Lipinski definition) is 3. The summed E-state index contributed by atoms with van der Waals surface area (Å²) < 4.78 is 5.62. The fraction of sp³-hybridized carbons (Fsp3) is 0.375.